The summed E-state index contributed by atoms with van der Waals surface area (Å²) in [6.07, 6.45) is 0. The van der Waals surface area contributed by atoms with Crippen molar-refractivity contribution in [2.24, 2.45) is 0 Å². The fourth-order valence-corrected chi connectivity index (χ4v) is 5.32. The molecule has 34 heavy (non-hydrogen) atoms. The summed E-state index contributed by atoms with van der Waals surface area (Å²) < 4.78 is 39.0. The molecular weight excluding hydrogens is 499 g/mol. The molecule has 0 unspecified atom stereocenters. The number of nitrogens with zero attached hydrogens (tertiary/aromatic N) is 1. The number of sulfonamides is 1. The minimum Gasteiger partial charge on any atom is -0.495 e. The lowest BCUT2D eigenvalue weighted by Gasteiger charge is -2.25. The third kappa shape index (κ3) is 5.58. The molecule has 180 valence electrons. The molecule has 1 N–H and O–H groups in total. The lowest BCUT2D eigenvalue weighted by molar-refractivity contribution is -0.114. The summed E-state index contributed by atoms with van der Waals surface area (Å²) in [7, 11) is -1.40. The molecule has 10 heteroatoms. The van der Waals surface area contributed by atoms with Crippen LogP contribution in [0.15, 0.2) is 59.5 Å². The van der Waals surface area contributed by atoms with Crippen LogP contribution in [-0.4, -0.2) is 35.1 Å². The Kier molecular flexibility index (Phi) is 7.97. The molecule has 7 nitrogen and oxygen atoms in total. The normalized spacial score (nSPS) is 11.1. The van der Waals surface area contributed by atoms with Gasteiger partial charge in [0, 0.05) is 10.7 Å². The highest BCUT2D eigenvalue weighted by Crippen LogP contribution is 2.34. The molecule has 0 radical (unpaired) electrons. The van der Waals surface area contributed by atoms with Crippen LogP contribution < -0.4 is 19.1 Å². The van der Waals surface area contributed by atoms with E-state index in [0.717, 1.165) is 9.87 Å². The molecule has 0 atom stereocenters. The van der Waals surface area contributed by atoms with Crippen LogP contribution in [0.5, 0.6) is 11.5 Å². The topological polar surface area (TPSA) is 84.9 Å². The van der Waals surface area contributed by atoms with E-state index < -0.39 is 22.5 Å². The van der Waals surface area contributed by atoms with Gasteiger partial charge >= 0.3 is 0 Å². The van der Waals surface area contributed by atoms with Gasteiger partial charge in [-0.2, -0.15) is 0 Å². The summed E-state index contributed by atoms with van der Waals surface area (Å²) in [4.78, 5) is 12.9. The van der Waals surface area contributed by atoms with Crippen LogP contribution in [0.2, 0.25) is 10.0 Å². The summed E-state index contributed by atoms with van der Waals surface area (Å²) in [5.41, 5.74) is 2.19. The van der Waals surface area contributed by atoms with Crippen LogP contribution in [0.4, 0.5) is 11.4 Å². The van der Waals surface area contributed by atoms with E-state index >= 15 is 0 Å². The standard InChI is InChI=1S/C24H24Cl2N2O5S/c1-15-5-9-22(33-4)23(11-15)34(30,31)28(18-8-10-21(32-3)20(26)13-18)14-24(29)27-17-7-6-16(2)19(25)12-17/h5-13H,14H2,1-4H3,(H,27,29). The third-order valence-electron chi connectivity index (χ3n) is 5.05. The number of hydrogen-bond donors (Lipinski definition) is 1. The highest BCUT2D eigenvalue weighted by molar-refractivity contribution is 7.93. The average molecular weight is 523 g/mol. The van der Waals surface area contributed by atoms with Crippen LogP contribution >= 0.6 is 23.2 Å². The molecule has 0 spiro atoms. The van der Waals surface area contributed by atoms with E-state index in [2.05, 4.69) is 5.32 Å². The van der Waals surface area contributed by atoms with Gasteiger partial charge in [-0.15, -0.1) is 0 Å². The smallest absolute Gasteiger partial charge is 0.268 e. The molecule has 3 aromatic carbocycles. The predicted molar refractivity (Wildman–Crippen MR) is 135 cm³/mol. The maximum Gasteiger partial charge on any atom is 0.268 e. The second kappa shape index (κ2) is 10.5. The molecule has 3 aromatic rings. The summed E-state index contributed by atoms with van der Waals surface area (Å²) >= 11 is 12.4. The summed E-state index contributed by atoms with van der Waals surface area (Å²) in [5, 5.41) is 3.37. The van der Waals surface area contributed by atoms with E-state index in [4.69, 9.17) is 32.7 Å². The summed E-state index contributed by atoms with van der Waals surface area (Å²) in [5.74, 6) is -0.0439. The molecule has 1 amide bonds. The maximum absolute atomic E-state index is 13.8. The Bertz CT molecular complexity index is 1330. The van der Waals surface area contributed by atoms with Crippen LogP contribution in [0.1, 0.15) is 11.1 Å². The Morgan fingerprint density at radius 2 is 1.59 bits per heavy atom. The number of hydrogen-bond acceptors (Lipinski definition) is 5. The molecule has 0 saturated heterocycles. The van der Waals surface area contributed by atoms with E-state index in [1.165, 1.54) is 38.5 Å². The molecule has 0 aliphatic carbocycles. The van der Waals surface area contributed by atoms with E-state index in [1.807, 2.05) is 6.92 Å². The minimum atomic E-state index is -4.24. The first-order chi connectivity index (χ1) is 16.1. The molecule has 0 saturated carbocycles. The number of nitrogens with one attached hydrogen (secondary N) is 1. The van der Waals surface area contributed by atoms with Gasteiger partial charge in [-0.3, -0.25) is 9.10 Å². The third-order valence-corrected chi connectivity index (χ3v) is 7.55. The number of methoxy groups -OCH3 is 2. The predicted octanol–water partition coefficient (Wildman–Crippen LogP) is 5.46. The number of anilines is 2. The van der Waals surface area contributed by atoms with Crippen molar-refractivity contribution in [2.75, 3.05) is 30.4 Å². The van der Waals surface area contributed by atoms with Crippen molar-refractivity contribution in [3.05, 3.63) is 75.8 Å². The number of ether oxygens (including phenoxy) is 2. The Balaban J connectivity index is 2.05. The second-order valence-electron chi connectivity index (χ2n) is 7.50. The minimum absolute atomic E-state index is 0.0758. The van der Waals surface area contributed by atoms with Crippen molar-refractivity contribution in [3.63, 3.8) is 0 Å². The number of carbonyl (C=O) groups is 1. The van der Waals surface area contributed by atoms with Crippen LogP contribution in [0, 0.1) is 13.8 Å². The Hall–Kier alpha value is -2.94. The molecule has 0 aliphatic heterocycles. The van der Waals surface area contributed by atoms with E-state index in [0.29, 0.717) is 22.0 Å². The van der Waals surface area contributed by atoms with E-state index in [9.17, 15) is 13.2 Å². The lowest BCUT2D eigenvalue weighted by atomic mass is 10.2. The Morgan fingerprint density at radius 3 is 2.21 bits per heavy atom. The van der Waals surface area contributed by atoms with E-state index in [-0.39, 0.29) is 21.4 Å². The van der Waals surface area contributed by atoms with Gasteiger partial charge in [0.1, 0.15) is 22.9 Å². The number of amides is 1. The van der Waals surface area contributed by atoms with Gasteiger partial charge in [0.05, 0.1) is 24.9 Å². The number of benzene rings is 3. The number of rotatable bonds is 8. The van der Waals surface area contributed by atoms with Gasteiger partial charge in [0.15, 0.2) is 0 Å². The van der Waals surface area contributed by atoms with Gasteiger partial charge in [-0.25, -0.2) is 8.42 Å². The van der Waals surface area contributed by atoms with Crippen molar-refractivity contribution >= 4 is 50.5 Å². The first-order valence-corrected chi connectivity index (χ1v) is 12.3. The van der Waals surface area contributed by atoms with Gasteiger partial charge < -0.3 is 14.8 Å². The highest BCUT2D eigenvalue weighted by Gasteiger charge is 2.31. The number of aryl methyl sites for hydroxylation is 2. The molecule has 0 heterocycles. The fourth-order valence-electron chi connectivity index (χ4n) is 3.23. The van der Waals surface area contributed by atoms with Crippen molar-refractivity contribution in [1.82, 2.24) is 0 Å². The number of carbonyl (C=O) groups excluding carboxylic acids is 1. The molecule has 0 aromatic heterocycles. The molecule has 3 rings (SSSR count). The van der Waals surface area contributed by atoms with Gasteiger partial charge in [-0.1, -0.05) is 35.3 Å². The molecule has 0 bridgehead atoms. The summed E-state index contributed by atoms with van der Waals surface area (Å²) in [6, 6.07) is 14.3. The van der Waals surface area contributed by atoms with Crippen LogP contribution in [0.25, 0.3) is 0 Å². The molecular formula is C24H24Cl2N2O5S. The van der Waals surface area contributed by atoms with Crippen molar-refractivity contribution in [2.45, 2.75) is 18.7 Å². The van der Waals surface area contributed by atoms with Crippen molar-refractivity contribution in [1.29, 1.82) is 0 Å². The number of halogens is 2. The SMILES string of the molecule is COc1ccc(N(CC(=O)Nc2ccc(C)c(Cl)c2)S(=O)(=O)c2cc(C)ccc2OC)cc1Cl. The quantitative estimate of drug-likeness (QED) is 0.424. The summed E-state index contributed by atoms with van der Waals surface area (Å²) in [6.45, 7) is 3.08. The van der Waals surface area contributed by atoms with Gasteiger partial charge in [-0.05, 0) is 67.4 Å². The average Bonchev–Trinajstić information content (AvgIpc) is 2.79. The Morgan fingerprint density at radius 1 is 0.912 bits per heavy atom. The first-order valence-electron chi connectivity index (χ1n) is 10.1. The zero-order chi connectivity index (χ0) is 25.0. The lowest BCUT2D eigenvalue weighted by Crippen LogP contribution is -2.38. The monoisotopic (exact) mass is 522 g/mol. The zero-order valence-electron chi connectivity index (χ0n) is 19.1. The van der Waals surface area contributed by atoms with Crippen molar-refractivity contribution < 1.29 is 22.7 Å². The van der Waals surface area contributed by atoms with Crippen LogP contribution in [0.3, 0.4) is 0 Å². The zero-order valence-corrected chi connectivity index (χ0v) is 21.4. The first kappa shape index (κ1) is 25.7. The maximum atomic E-state index is 13.8. The van der Waals surface area contributed by atoms with Gasteiger partial charge in [0.2, 0.25) is 5.91 Å². The van der Waals surface area contributed by atoms with Gasteiger partial charge in [0.25, 0.3) is 10.0 Å². The molecule has 0 fully saturated rings. The second-order valence-corrected chi connectivity index (χ2v) is 10.1. The highest BCUT2D eigenvalue weighted by atomic mass is 35.5. The molecule has 0 aliphatic rings. The van der Waals surface area contributed by atoms with E-state index in [1.54, 1.807) is 37.3 Å². The fraction of sp³-hybridized carbons (Fsp3) is 0.208. The van der Waals surface area contributed by atoms with Crippen molar-refractivity contribution in [3.8, 4) is 11.5 Å². The Labute approximate surface area is 209 Å². The largest absolute Gasteiger partial charge is 0.495 e. The van der Waals surface area contributed by atoms with Crippen LogP contribution in [-0.2, 0) is 14.8 Å².